The molecule has 0 fully saturated rings. The summed E-state index contributed by atoms with van der Waals surface area (Å²) in [6.45, 7) is 14.7. The number of para-hydroxylation sites is 1. The predicted molar refractivity (Wildman–Crippen MR) is 461 cm³/mol. The molecule has 0 radical (unpaired) electrons. The molecule has 111 heavy (non-hydrogen) atoms. The van der Waals surface area contributed by atoms with Crippen LogP contribution in [0.5, 0.6) is 34.5 Å². The van der Waals surface area contributed by atoms with Crippen molar-refractivity contribution in [2.24, 2.45) is 0 Å². The van der Waals surface area contributed by atoms with E-state index in [4.69, 9.17) is 18.9 Å². The normalized spacial score (nSPS) is 13.0. The number of fused-ring (bicyclic) bond motifs is 2. The Bertz CT molecular complexity index is 5110. The molecule has 0 aliphatic carbocycles. The number of rotatable bonds is 42. The van der Waals surface area contributed by atoms with E-state index in [1.807, 2.05) is 92.7 Å². The van der Waals surface area contributed by atoms with Crippen LogP contribution >= 0.6 is 0 Å². The molecule has 11 aromatic carbocycles. The van der Waals surface area contributed by atoms with E-state index in [0.29, 0.717) is 127 Å². The number of hydrogen-bond acceptors (Lipinski definition) is 9. The molecule has 0 N–H and O–H groups in total. The van der Waals surface area contributed by atoms with E-state index in [-0.39, 0.29) is 23.6 Å². The molecule has 0 saturated heterocycles. The van der Waals surface area contributed by atoms with Crippen molar-refractivity contribution in [3.8, 4) is 34.5 Å². The number of amides is 4. The van der Waals surface area contributed by atoms with Crippen LogP contribution in [0.25, 0.3) is 73.5 Å². The van der Waals surface area contributed by atoms with Crippen LogP contribution in [0.4, 0.5) is 17.1 Å². The summed E-state index contributed by atoms with van der Waals surface area (Å²) in [5.74, 6) is 2.06. The quantitative estimate of drug-likeness (QED) is 0.0121. The monoisotopic (exact) mass is 1480 g/mol. The van der Waals surface area contributed by atoms with E-state index >= 15 is 9.59 Å². The summed E-state index contributed by atoms with van der Waals surface area (Å²) in [7, 11) is 0. The lowest BCUT2D eigenvalue weighted by Crippen LogP contribution is -2.41. The molecule has 0 spiro atoms. The van der Waals surface area contributed by atoms with Gasteiger partial charge in [0.15, 0.2) is 0 Å². The van der Waals surface area contributed by atoms with Gasteiger partial charge in [-0.05, 0) is 164 Å². The minimum atomic E-state index is -0.376. The van der Waals surface area contributed by atoms with Gasteiger partial charge in [-0.1, -0.05) is 277 Å². The molecule has 0 bridgehead atoms. The van der Waals surface area contributed by atoms with Crippen molar-refractivity contribution < 1.29 is 38.1 Å². The highest BCUT2D eigenvalue weighted by atomic mass is 16.5. The highest BCUT2D eigenvalue weighted by Crippen LogP contribution is 2.53. The molecule has 0 saturated carbocycles. The summed E-state index contributed by atoms with van der Waals surface area (Å²) in [6.07, 6.45) is 38.5. The number of unbranched alkanes of at least 4 members (excludes halogenated alkanes) is 20. The van der Waals surface area contributed by atoms with Crippen LogP contribution in [0.3, 0.4) is 0 Å². The fourth-order valence-corrected chi connectivity index (χ4v) is 16.0. The highest BCUT2D eigenvalue weighted by Gasteiger charge is 2.39. The zero-order chi connectivity index (χ0) is 77.0. The first kappa shape index (κ1) is 78.3. The van der Waals surface area contributed by atoms with Crippen molar-refractivity contribution in [3.05, 3.63) is 238 Å². The number of nitrogens with zero attached hydrogens (tertiary/aromatic N) is 3. The van der Waals surface area contributed by atoms with Crippen LogP contribution in [0.2, 0.25) is 0 Å². The topological polar surface area (TPSA) is 115 Å². The first-order valence-corrected chi connectivity index (χ1v) is 41.5. The SMILES string of the molecule is C/C=C/c1ccc(N(c2ccccc2)c2ccc(/C=C/c3cc(OCCCCCCCC)c(/C=C/c4ccc(Oc5cc6c7c(ccc8c9c(Oc%10ccc(C)cc%10)cc%10c%11c(ccc(c5c78)c%119)C(=O)N(CCCCCCCC)C%10=O)C(=O)N(CCCCCCCC)C6=O)cc4)cc3OCCCCCCCC)cc2)cc1. The van der Waals surface area contributed by atoms with Crippen molar-refractivity contribution in [1.29, 1.82) is 0 Å². The van der Waals surface area contributed by atoms with Gasteiger partial charge in [0.2, 0.25) is 0 Å². The minimum absolute atomic E-state index is 0.292. The molecule has 4 amide bonds. The predicted octanol–water partition coefficient (Wildman–Crippen LogP) is 27.9. The number of ether oxygens (including phenoxy) is 4. The van der Waals surface area contributed by atoms with E-state index in [0.717, 1.165) is 152 Å². The Labute approximate surface area is 657 Å². The van der Waals surface area contributed by atoms with E-state index in [1.165, 1.54) is 61.2 Å². The molecule has 572 valence electrons. The van der Waals surface area contributed by atoms with Crippen LogP contribution < -0.4 is 23.8 Å². The number of hydrogen-bond donors (Lipinski definition) is 0. The number of benzene rings is 11. The summed E-state index contributed by atoms with van der Waals surface area (Å²) >= 11 is 0. The zero-order valence-electron chi connectivity index (χ0n) is 66.1. The van der Waals surface area contributed by atoms with Gasteiger partial charge in [-0.25, -0.2) is 0 Å². The molecule has 2 aliphatic rings. The first-order valence-electron chi connectivity index (χ1n) is 41.5. The molecule has 11 heteroatoms. The van der Waals surface area contributed by atoms with Crippen LogP contribution in [-0.4, -0.2) is 59.7 Å². The molecule has 0 atom stereocenters. The van der Waals surface area contributed by atoms with E-state index in [2.05, 4.69) is 160 Å². The van der Waals surface area contributed by atoms with Crippen molar-refractivity contribution in [1.82, 2.24) is 9.80 Å². The third-order valence-electron chi connectivity index (χ3n) is 22.0. The third kappa shape index (κ3) is 18.3. The largest absolute Gasteiger partial charge is 0.493 e. The van der Waals surface area contributed by atoms with Gasteiger partial charge in [0, 0.05) is 84.7 Å². The summed E-state index contributed by atoms with van der Waals surface area (Å²) < 4.78 is 27.8. The number of allylic oxidation sites excluding steroid dienone is 1. The van der Waals surface area contributed by atoms with Gasteiger partial charge in [-0.15, -0.1) is 0 Å². The second kappa shape index (κ2) is 38.2. The summed E-state index contributed by atoms with van der Waals surface area (Å²) in [4.78, 5) is 65.5. The Kier molecular flexibility index (Phi) is 27.0. The average molecular weight is 1480 g/mol. The first-order chi connectivity index (χ1) is 54.5. The number of imide groups is 2. The van der Waals surface area contributed by atoms with Gasteiger partial charge >= 0.3 is 0 Å². The lowest BCUT2D eigenvalue weighted by molar-refractivity contribution is 0.0592. The van der Waals surface area contributed by atoms with Gasteiger partial charge in [0.25, 0.3) is 23.6 Å². The molecule has 11 aromatic rings. The minimum Gasteiger partial charge on any atom is -0.493 e. The third-order valence-corrected chi connectivity index (χ3v) is 22.0. The molecular weight excluding hydrogens is 1370 g/mol. The average Bonchev–Trinajstić information content (AvgIpc) is 0.680. The molecule has 11 nitrogen and oxygen atoms in total. The number of anilines is 3. The number of carbonyl (C=O) groups is 4. The Morgan fingerprint density at radius 3 is 1.10 bits per heavy atom. The zero-order valence-corrected chi connectivity index (χ0v) is 66.1. The van der Waals surface area contributed by atoms with E-state index in [9.17, 15) is 9.59 Å². The van der Waals surface area contributed by atoms with E-state index in [1.54, 1.807) is 6.07 Å². The molecule has 0 unspecified atom stereocenters. The lowest BCUT2D eigenvalue weighted by Gasteiger charge is -2.31. The van der Waals surface area contributed by atoms with Gasteiger partial charge < -0.3 is 23.8 Å². The van der Waals surface area contributed by atoms with Crippen molar-refractivity contribution >= 4 is 114 Å². The molecule has 2 aliphatic heterocycles. The van der Waals surface area contributed by atoms with Gasteiger partial charge in [0.1, 0.15) is 34.5 Å². The molecule has 2 heterocycles. The second-order valence-electron chi connectivity index (χ2n) is 30.2. The smallest absolute Gasteiger partial charge is 0.261 e. The molecule has 0 aromatic heterocycles. The molecule has 13 rings (SSSR count). The van der Waals surface area contributed by atoms with Crippen molar-refractivity contribution in [2.45, 2.75) is 196 Å². The number of aryl methyl sites for hydroxylation is 1. The van der Waals surface area contributed by atoms with Crippen LogP contribution in [-0.2, 0) is 0 Å². The Balaban J connectivity index is 0.871. The fourth-order valence-electron chi connectivity index (χ4n) is 16.0. The Hall–Kier alpha value is -10.8. The van der Waals surface area contributed by atoms with Crippen LogP contribution in [0.15, 0.2) is 182 Å². The van der Waals surface area contributed by atoms with Crippen LogP contribution in [0.1, 0.15) is 264 Å². The summed E-state index contributed by atoms with van der Waals surface area (Å²) in [5, 5.41) is 5.12. The van der Waals surface area contributed by atoms with Crippen molar-refractivity contribution in [3.63, 3.8) is 0 Å². The Morgan fingerprint density at radius 1 is 0.324 bits per heavy atom. The standard InChI is InChI=1S/C100H109N3O8/c1-7-12-16-20-24-31-62-101-97(104)83-61-59-82-94-90(69-86-92-84(98(105)102(100(86)107)63-32-25-21-17-13-8-2)60-58-81(96(92)94)93-89(110-79-54-38-70(6)39-55-79)68-85(99(101)106)91(83)95(82)93)111-80-56-46-73(47-57-80)41-49-75-67-87(108-64-33-26-22-18-14-9-3)74(66-88(75)109-65-34-27-23-19-15-10-4)48-40-72-44-52-78(53-45-72)103(76-36-29-28-30-37-76)77-50-42-71(35-11-5)43-51-77/h11,28-30,35-61,66-69H,7-10,12-27,31-34,62-65H2,1-6H3/b35-11+,48-40+,49-41+. The Morgan fingerprint density at radius 2 is 0.685 bits per heavy atom. The lowest BCUT2D eigenvalue weighted by atomic mass is 9.81. The summed E-state index contributed by atoms with van der Waals surface area (Å²) in [5.41, 5.74) is 10.8. The highest BCUT2D eigenvalue weighted by molar-refractivity contribution is 6.43. The van der Waals surface area contributed by atoms with Crippen molar-refractivity contribution in [2.75, 3.05) is 31.2 Å². The maximum atomic E-state index is 15.3. The molecular formula is C100H109N3O8. The van der Waals surface area contributed by atoms with Gasteiger partial charge in [-0.3, -0.25) is 29.0 Å². The van der Waals surface area contributed by atoms with E-state index < -0.39 is 0 Å². The summed E-state index contributed by atoms with van der Waals surface area (Å²) in [6, 6.07) is 59.1. The maximum absolute atomic E-state index is 15.3. The van der Waals surface area contributed by atoms with Gasteiger partial charge in [0.05, 0.1) is 24.3 Å². The van der Waals surface area contributed by atoms with Crippen LogP contribution in [0, 0.1) is 6.92 Å². The number of carbonyl (C=O) groups excluding carboxylic acids is 4. The van der Waals surface area contributed by atoms with Gasteiger partial charge in [-0.2, -0.15) is 0 Å². The fraction of sp³-hybridized carbons (Fsp3) is 0.340. The second-order valence-corrected chi connectivity index (χ2v) is 30.2. The maximum Gasteiger partial charge on any atom is 0.261 e.